The van der Waals surface area contributed by atoms with Crippen molar-refractivity contribution in [3.63, 3.8) is 0 Å². The molecule has 0 unspecified atom stereocenters. The Labute approximate surface area is 188 Å². The van der Waals surface area contributed by atoms with Crippen LogP contribution in [0.3, 0.4) is 0 Å². The van der Waals surface area contributed by atoms with Crippen molar-refractivity contribution < 1.29 is 23.0 Å². The topological polar surface area (TPSA) is 80.2 Å². The first-order valence-electron chi connectivity index (χ1n) is 8.40. The van der Waals surface area contributed by atoms with Gasteiger partial charge in [-0.05, 0) is 6.07 Å². The van der Waals surface area contributed by atoms with Crippen molar-refractivity contribution in [2.75, 3.05) is 32.8 Å². The van der Waals surface area contributed by atoms with Crippen LogP contribution >= 0.6 is 35.3 Å². The fraction of sp³-hybridized carbons (Fsp3) is 0.412. The van der Waals surface area contributed by atoms with Crippen LogP contribution in [0.4, 0.5) is 13.9 Å². The number of aliphatic imine (C=N–C) groups is 1. The summed E-state index contributed by atoms with van der Waals surface area (Å²) in [6, 6.07) is 3.02. The summed E-state index contributed by atoms with van der Waals surface area (Å²) in [5.41, 5.74) is 1.37. The number of ether oxygens (including phenoxy) is 3. The third-order valence-electron chi connectivity index (χ3n) is 3.80. The minimum Gasteiger partial charge on any atom is -0.454 e. The highest BCUT2D eigenvalue weighted by molar-refractivity contribution is 14.0. The SMILES string of the molecule is CN=C(NCc1csc(N(C)C)n1)NCc1cc2c(cc1OC(F)F)OCO2.I. The Balaban J connectivity index is 0.00000300. The van der Waals surface area contributed by atoms with Gasteiger partial charge in [-0.25, -0.2) is 4.98 Å². The Kier molecular flexibility index (Phi) is 8.49. The van der Waals surface area contributed by atoms with E-state index in [4.69, 9.17) is 9.47 Å². The Hall–Kier alpha value is -2.09. The predicted molar refractivity (Wildman–Crippen MR) is 118 cm³/mol. The first kappa shape index (κ1) is 23.2. The monoisotopic (exact) mass is 541 g/mol. The van der Waals surface area contributed by atoms with E-state index in [1.165, 1.54) is 6.07 Å². The summed E-state index contributed by atoms with van der Waals surface area (Å²) in [5, 5.41) is 9.08. The van der Waals surface area contributed by atoms with Crippen molar-refractivity contribution in [1.82, 2.24) is 15.6 Å². The van der Waals surface area contributed by atoms with Crippen LogP contribution in [0, 0.1) is 0 Å². The van der Waals surface area contributed by atoms with Crippen LogP contribution in [0.1, 0.15) is 11.3 Å². The molecule has 1 aromatic carbocycles. The lowest BCUT2D eigenvalue weighted by molar-refractivity contribution is -0.0505. The lowest BCUT2D eigenvalue weighted by Crippen LogP contribution is -2.36. The first-order valence-corrected chi connectivity index (χ1v) is 9.27. The molecule has 2 heterocycles. The second-order valence-corrected chi connectivity index (χ2v) is 6.82. The highest BCUT2D eigenvalue weighted by Crippen LogP contribution is 2.38. The zero-order valence-corrected chi connectivity index (χ0v) is 19.2. The maximum atomic E-state index is 12.7. The minimum absolute atomic E-state index is 0. The molecule has 0 spiro atoms. The van der Waals surface area contributed by atoms with E-state index in [1.807, 2.05) is 24.4 Å². The summed E-state index contributed by atoms with van der Waals surface area (Å²) in [6.07, 6.45) is 0. The maximum Gasteiger partial charge on any atom is 0.387 e. The smallest absolute Gasteiger partial charge is 0.387 e. The average molecular weight is 541 g/mol. The van der Waals surface area contributed by atoms with E-state index in [-0.39, 0.29) is 43.1 Å². The molecule has 1 aliphatic heterocycles. The number of aromatic nitrogens is 1. The number of guanidine groups is 1. The molecule has 1 aliphatic rings. The molecular formula is C17H22F2IN5O3S. The molecule has 0 atom stereocenters. The molecule has 0 amide bonds. The van der Waals surface area contributed by atoms with Gasteiger partial charge in [0.25, 0.3) is 0 Å². The van der Waals surface area contributed by atoms with Crippen LogP contribution in [0.25, 0.3) is 0 Å². The Morgan fingerprint density at radius 3 is 2.59 bits per heavy atom. The molecule has 8 nitrogen and oxygen atoms in total. The number of fused-ring (bicyclic) bond motifs is 1. The van der Waals surface area contributed by atoms with E-state index in [2.05, 4.69) is 25.3 Å². The van der Waals surface area contributed by atoms with E-state index in [0.29, 0.717) is 29.6 Å². The number of halogens is 3. The summed E-state index contributed by atoms with van der Waals surface area (Å²) in [6.45, 7) is -2.21. The van der Waals surface area contributed by atoms with Gasteiger partial charge in [0.15, 0.2) is 22.6 Å². The third-order valence-corrected chi connectivity index (χ3v) is 4.86. The van der Waals surface area contributed by atoms with Crippen LogP contribution in [-0.4, -0.2) is 45.5 Å². The summed E-state index contributed by atoms with van der Waals surface area (Å²) < 4.78 is 40.6. The average Bonchev–Trinajstić information content (AvgIpc) is 3.30. The molecular weight excluding hydrogens is 519 g/mol. The molecule has 0 bridgehead atoms. The number of hydrogen-bond donors (Lipinski definition) is 2. The molecule has 0 fully saturated rings. The highest BCUT2D eigenvalue weighted by Gasteiger charge is 2.20. The number of nitrogens with zero attached hydrogens (tertiary/aromatic N) is 3. The maximum absolute atomic E-state index is 12.7. The Morgan fingerprint density at radius 2 is 1.97 bits per heavy atom. The van der Waals surface area contributed by atoms with Gasteiger partial charge in [0.05, 0.1) is 12.2 Å². The number of anilines is 1. The van der Waals surface area contributed by atoms with Crippen LogP contribution in [0.2, 0.25) is 0 Å². The van der Waals surface area contributed by atoms with E-state index < -0.39 is 6.61 Å². The van der Waals surface area contributed by atoms with Gasteiger partial charge >= 0.3 is 6.61 Å². The Morgan fingerprint density at radius 1 is 1.28 bits per heavy atom. The summed E-state index contributed by atoms with van der Waals surface area (Å²) in [4.78, 5) is 10.6. The molecule has 160 valence electrons. The second-order valence-electron chi connectivity index (χ2n) is 5.99. The van der Waals surface area contributed by atoms with E-state index in [0.717, 1.165) is 10.8 Å². The molecule has 1 aromatic heterocycles. The summed E-state index contributed by atoms with van der Waals surface area (Å²) in [7, 11) is 5.49. The van der Waals surface area contributed by atoms with Gasteiger partial charge in [-0.1, -0.05) is 0 Å². The van der Waals surface area contributed by atoms with Gasteiger partial charge in [-0.15, -0.1) is 35.3 Å². The molecule has 2 N–H and O–H groups in total. The van der Waals surface area contributed by atoms with Crippen LogP contribution in [0.15, 0.2) is 22.5 Å². The molecule has 2 aromatic rings. The molecule has 0 radical (unpaired) electrons. The lowest BCUT2D eigenvalue weighted by Gasteiger charge is -2.15. The highest BCUT2D eigenvalue weighted by atomic mass is 127. The Bertz CT molecular complexity index is 850. The second kappa shape index (κ2) is 10.6. The van der Waals surface area contributed by atoms with Crippen molar-refractivity contribution in [3.8, 4) is 17.2 Å². The summed E-state index contributed by atoms with van der Waals surface area (Å²) in [5.74, 6) is 1.39. The molecule has 29 heavy (non-hydrogen) atoms. The standard InChI is InChI=1S/C17H21F2N5O3S.HI/c1-20-16(22-7-11-8-28-17(23-11)24(2)3)21-6-10-4-13-14(26-9-25-13)5-12(10)27-15(18)19;/h4-5,8,15H,6-7,9H2,1-3H3,(H2,20,21,22);1H. The van der Waals surface area contributed by atoms with Crippen LogP contribution in [0.5, 0.6) is 17.2 Å². The molecule has 0 aliphatic carbocycles. The van der Waals surface area contributed by atoms with Gasteiger partial charge in [-0.3, -0.25) is 4.99 Å². The molecule has 0 saturated heterocycles. The number of hydrogen-bond acceptors (Lipinski definition) is 7. The molecule has 3 rings (SSSR count). The number of rotatable bonds is 7. The zero-order chi connectivity index (χ0) is 20.1. The fourth-order valence-corrected chi connectivity index (χ4v) is 3.22. The number of benzene rings is 1. The predicted octanol–water partition coefficient (Wildman–Crippen LogP) is 3.02. The van der Waals surface area contributed by atoms with Crippen molar-refractivity contribution in [3.05, 3.63) is 28.8 Å². The third kappa shape index (κ3) is 6.19. The van der Waals surface area contributed by atoms with E-state index >= 15 is 0 Å². The van der Waals surface area contributed by atoms with Crippen molar-refractivity contribution in [1.29, 1.82) is 0 Å². The number of thiazole rings is 1. The first-order chi connectivity index (χ1) is 13.5. The fourth-order valence-electron chi connectivity index (χ4n) is 2.47. The van der Waals surface area contributed by atoms with Crippen molar-refractivity contribution in [2.24, 2.45) is 4.99 Å². The number of alkyl halides is 2. The van der Waals surface area contributed by atoms with Crippen molar-refractivity contribution in [2.45, 2.75) is 19.7 Å². The lowest BCUT2D eigenvalue weighted by atomic mass is 10.1. The molecule has 0 saturated carbocycles. The van der Waals surface area contributed by atoms with Gasteiger partial charge in [0.2, 0.25) is 6.79 Å². The van der Waals surface area contributed by atoms with E-state index in [9.17, 15) is 8.78 Å². The quantitative estimate of drug-likeness (QED) is 0.317. The van der Waals surface area contributed by atoms with Gasteiger partial charge < -0.3 is 29.7 Å². The van der Waals surface area contributed by atoms with Gasteiger partial charge in [-0.2, -0.15) is 8.78 Å². The zero-order valence-electron chi connectivity index (χ0n) is 16.1. The minimum atomic E-state index is -2.94. The molecule has 12 heteroatoms. The van der Waals surface area contributed by atoms with Crippen molar-refractivity contribution >= 4 is 46.4 Å². The largest absolute Gasteiger partial charge is 0.454 e. The van der Waals surface area contributed by atoms with Gasteiger partial charge in [0, 0.05) is 44.7 Å². The van der Waals surface area contributed by atoms with Crippen LogP contribution in [-0.2, 0) is 13.1 Å². The summed E-state index contributed by atoms with van der Waals surface area (Å²) >= 11 is 1.55. The normalized spacial score (nSPS) is 12.6. The van der Waals surface area contributed by atoms with E-state index in [1.54, 1.807) is 24.5 Å². The number of nitrogens with one attached hydrogen (secondary N) is 2. The van der Waals surface area contributed by atoms with Gasteiger partial charge in [0.1, 0.15) is 5.75 Å². The van der Waals surface area contributed by atoms with Crippen LogP contribution < -0.4 is 29.7 Å².